The Labute approximate surface area is 112 Å². The van der Waals surface area contributed by atoms with Crippen molar-refractivity contribution in [1.29, 1.82) is 0 Å². The summed E-state index contributed by atoms with van der Waals surface area (Å²) in [6.45, 7) is 2.24. The maximum Gasteiger partial charge on any atom is 0.307 e. The molecule has 0 radical (unpaired) electrons. The van der Waals surface area contributed by atoms with Crippen LogP contribution in [0.25, 0.3) is 0 Å². The van der Waals surface area contributed by atoms with Crippen LogP contribution in [0.3, 0.4) is 0 Å². The summed E-state index contributed by atoms with van der Waals surface area (Å²) in [7, 11) is 0. The van der Waals surface area contributed by atoms with E-state index in [2.05, 4.69) is 10.5 Å². The molecule has 3 N–H and O–H groups in total. The van der Waals surface area contributed by atoms with Crippen molar-refractivity contribution in [2.45, 2.75) is 13.5 Å². The number of hydrogen-bond acceptors (Lipinski definition) is 6. The summed E-state index contributed by atoms with van der Waals surface area (Å²) in [5.74, 6) is 4.71. The summed E-state index contributed by atoms with van der Waals surface area (Å²) >= 11 is 1.31. The fraction of sp³-hybridized carbons (Fsp3) is 0.200. The van der Waals surface area contributed by atoms with Gasteiger partial charge in [-0.25, -0.2) is 5.84 Å². The van der Waals surface area contributed by atoms with Crippen molar-refractivity contribution in [1.82, 2.24) is 15.2 Å². The van der Waals surface area contributed by atoms with E-state index in [0.717, 1.165) is 10.4 Å². The molecule has 0 atom stereocenters. The Morgan fingerprint density at radius 1 is 1.68 bits per heavy atom. The lowest BCUT2D eigenvalue weighted by Crippen LogP contribution is -2.29. The van der Waals surface area contributed by atoms with Crippen LogP contribution in [0.4, 0.5) is 5.69 Å². The number of aryl methyl sites for hydroxylation is 1. The molecule has 0 aromatic carbocycles. The smallest absolute Gasteiger partial charge is 0.289 e. The van der Waals surface area contributed by atoms with Crippen LogP contribution in [-0.2, 0) is 6.54 Å². The first-order valence-corrected chi connectivity index (χ1v) is 6.10. The minimum absolute atomic E-state index is 0.0622. The van der Waals surface area contributed by atoms with Crippen LogP contribution in [-0.4, -0.2) is 20.6 Å². The zero-order valence-electron chi connectivity index (χ0n) is 9.99. The quantitative estimate of drug-likeness (QED) is 0.372. The number of hydrazine groups is 1. The molecule has 0 unspecified atom stereocenters. The Hall–Kier alpha value is -2.26. The monoisotopic (exact) mass is 281 g/mol. The number of nitrogens with one attached hydrogen (secondary N) is 1. The molecule has 0 fully saturated rings. The maximum atomic E-state index is 11.4. The van der Waals surface area contributed by atoms with E-state index in [1.54, 1.807) is 6.07 Å². The van der Waals surface area contributed by atoms with Crippen LogP contribution in [0, 0.1) is 17.0 Å². The van der Waals surface area contributed by atoms with Crippen molar-refractivity contribution in [2.75, 3.05) is 0 Å². The zero-order chi connectivity index (χ0) is 14.0. The molecule has 0 aliphatic heterocycles. The number of aromatic nitrogens is 2. The fourth-order valence-electron chi connectivity index (χ4n) is 1.57. The van der Waals surface area contributed by atoms with Gasteiger partial charge in [-0.15, -0.1) is 11.3 Å². The molecule has 0 spiro atoms. The molecule has 2 aromatic rings. The topological polar surface area (TPSA) is 116 Å². The van der Waals surface area contributed by atoms with Gasteiger partial charge in [0, 0.05) is 4.88 Å². The number of nitro groups is 1. The number of nitrogens with zero attached hydrogens (tertiary/aromatic N) is 3. The predicted octanol–water partition coefficient (Wildman–Crippen LogP) is 0.813. The van der Waals surface area contributed by atoms with E-state index >= 15 is 0 Å². The van der Waals surface area contributed by atoms with Crippen LogP contribution in [0.5, 0.6) is 0 Å². The van der Waals surface area contributed by atoms with Gasteiger partial charge in [-0.05, 0) is 18.6 Å². The molecule has 9 heteroatoms. The third-order valence-electron chi connectivity index (χ3n) is 2.54. The summed E-state index contributed by atoms with van der Waals surface area (Å²) in [5.41, 5.74) is 2.88. The van der Waals surface area contributed by atoms with Gasteiger partial charge >= 0.3 is 5.69 Å². The SMILES string of the molecule is Cc1sc(C(=O)NN)cc1Cn1cc([N+](=O)[O-])cn1. The van der Waals surface area contributed by atoms with E-state index in [1.807, 2.05) is 6.92 Å². The average molecular weight is 281 g/mol. The number of thiophene rings is 1. The van der Waals surface area contributed by atoms with Gasteiger partial charge in [-0.2, -0.15) is 5.10 Å². The molecule has 19 heavy (non-hydrogen) atoms. The average Bonchev–Trinajstić information content (AvgIpc) is 2.97. The van der Waals surface area contributed by atoms with Gasteiger partial charge in [0.2, 0.25) is 0 Å². The molecule has 0 bridgehead atoms. The van der Waals surface area contributed by atoms with Crippen LogP contribution in [0.2, 0.25) is 0 Å². The standard InChI is InChI=1S/C10H11N5O3S/c1-6-7(2-9(19-6)10(16)13-11)4-14-5-8(3-12-14)15(17)18/h2-3,5H,4,11H2,1H3,(H,13,16). The number of nitrogens with two attached hydrogens (primary N) is 1. The summed E-state index contributed by atoms with van der Waals surface area (Å²) in [5, 5.41) is 14.5. The maximum absolute atomic E-state index is 11.4. The van der Waals surface area contributed by atoms with Gasteiger partial charge in [-0.3, -0.25) is 25.0 Å². The van der Waals surface area contributed by atoms with E-state index in [1.165, 1.54) is 28.4 Å². The van der Waals surface area contributed by atoms with E-state index < -0.39 is 4.92 Å². The van der Waals surface area contributed by atoms with Crippen molar-refractivity contribution < 1.29 is 9.72 Å². The third-order valence-corrected chi connectivity index (χ3v) is 3.63. The van der Waals surface area contributed by atoms with Crippen LogP contribution in [0.1, 0.15) is 20.1 Å². The Morgan fingerprint density at radius 3 is 3.00 bits per heavy atom. The highest BCUT2D eigenvalue weighted by Crippen LogP contribution is 2.22. The highest BCUT2D eigenvalue weighted by molar-refractivity contribution is 7.14. The molecule has 2 heterocycles. The Bertz CT molecular complexity index is 633. The van der Waals surface area contributed by atoms with E-state index in [9.17, 15) is 14.9 Å². The lowest BCUT2D eigenvalue weighted by Gasteiger charge is -1.99. The molecule has 0 saturated carbocycles. The number of nitrogen functional groups attached to an aromatic ring is 1. The van der Waals surface area contributed by atoms with Crippen LogP contribution in [0.15, 0.2) is 18.5 Å². The highest BCUT2D eigenvalue weighted by Gasteiger charge is 2.14. The minimum atomic E-state index is -0.503. The van der Waals surface area contributed by atoms with Gasteiger partial charge in [0.15, 0.2) is 0 Å². The number of amides is 1. The van der Waals surface area contributed by atoms with Gasteiger partial charge in [0.25, 0.3) is 5.91 Å². The fourth-order valence-corrected chi connectivity index (χ4v) is 2.51. The van der Waals surface area contributed by atoms with E-state index in [0.29, 0.717) is 11.4 Å². The second-order valence-electron chi connectivity index (χ2n) is 3.82. The molecular weight excluding hydrogens is 270 g/mol. The van der Waals surface area contributed by atoms with Crippen LogP contribution < -0.4 is 11.3 Å². The number of rotatable bonds is 4. The second kappa shape index (κ2) is 5.16. The summed E-state index contributed by atoms with van der Waals surface area (Å²) in [6, 6.07) is 1.70. The molecule has 8 nitrogen and oxygen atoms in total. The first-order valence-electron chi connectivity index (χ1n) is 5.28. The van der Waals surface area contributed by atoms with Crippen LogP contribution >= 0.6 is 11.3 Å². The Balaban J connectivity index is 2.20. The van der Waals surface area contributed by atoms with E-state index in [-0.39, 0.29) is 11.6 Å². The van der Waals surface area contributed by atoms with Crippen molar-refractivity contribution in [3.63, 3.8) is 0 Å². The highest BCUT2D eigenvalue weighted by atomic mass is 32.1. The summed E-state index contributed by atoms with van der Waals surface area (Å²) in [6.07, 6.45) is 2.54. The van der Waals surface area contributed by atoms with Crippen molar-refractivity contribution in [3.8, 4) is 0 Å². The van der Waals surface area contributed by atoms with Crippen molar-refractivity contribution in [2.24, 2.45) is 5.84 Å². The molecular formula is C10H11N5O3S. The lowest BCUT2D eigenvalue weighted by molar-refractivity contribution is -0.385. The van der Waals surface area contributed by atoms with Gasteiger partial charge < -0.3 is 0 Å². The normalized spacial score (nSPS) is 10.4. The lowest BCUT2D eigenvalue weighted by atomic mass is 10.2. The molecule has 1 amide bonds. The predicted molar refractivity (Wildman–Crippen MR) is 68.7 cm³/mol. The summed E-state index contributed by atoms with van der Waals surface area (Å²) in [4.78, 5) is 22.9. The Morgan fingerprint density at radius 2 is 2.42 bits per heavy atom. The molecule has 2 rings (SSSR count). The molecule has 0 aliphatic carbocycles. The molecule has 2 aromatic heterocycles. The van der Waals surface area contributed by atoms with E-state index in [4.69, 9.17) is 5.84 Å². The third kappa shape index (κ3) is 2.77. The molecule has 100 valence electrons. The van der Waals surface area contributed by atoms with Crippen molar-refractivity contribution in [3.05, 3.63) is 43.9 Å². The first-order chi connectivity index (χ1) is 9.01. The minimum Gasteiger partial charge on any atom is -0.289 e. The number of carbonyl (C=O) groups is 1. The number of carbonyl (C=O) groups excluding carboxylic acids is 1. The molecule has 0 saturated heterocycles. The second-order valence-corrected chi connectivity index (χ2v) is 5.08. The van der Waals surface area contributed by atoms with Gasteiger partial charge in [0.1, 0.15) is 12.4 Å². The molecule has 0 aliphatic rings. The zero-order valence-corrected chi connectivity index (χ0v) is 10.8. The van der Waals surface area contributed by atoms with Gasteiger partial charge in [-0.1, -0.05) is 0 Å². The number of hydrogen-bond donors (Lipinski definition) is 2. The first kappa shape index (κ1) is 13.2. The Kier molecular flexibility index (Phi) is 3.58. The van der Waals surface area contributed by atoms with Gasteiger partial charge in [0.05, 0.1) is 16.3 Å². The summed E-state index contributed by atoms with van der Waals surface area (Å²) < 4.78 is 1.46. The van der Waals surface area contributed by atoms with Crippen molar-refractivity contribution >= 4 is 22.9 Å². The largest absolute Gasteiger partial charge is 0.307 e.